The van der Waals surface area contributed by atoms with Gasteiger partial charge in [-0.25, -0.2) is 10.2 Å². The van der Waals surface area contributed by atoms with Gasteiger partial charge in [0.1, 0.15) is 5.60 Å². The maximum absolute atomic E-state index is 11.3. The van der Waals surface area contributed by atoms with Crippen molar-refractivity contribution in [1.29, 1.82) is 0 Å². The fourth-order valence-electron chi connectivity index (χ4n) is 1.61. The van der Waals surface area contributed by atoms with Gasteiger partial charge in [-0.05, 0) is 39.9 Å². The summed E-state index contributed by atoms with van der Waals surface area (Å²) in [7, 11) is 0. The van der Waals surface area contributed by atoms with Crippen molar-refractivity contribution in [3.05, 3.63) is 0 Å². The highest BCUT2D eigenvalue weighted by Crippen LogP contribution is 2.41. The first-order valence-electron chi connectivity index (χ1n) is 5.64. The van der Waals surface area contributed by atoms with Gasteiger partial charge in [0.2, 0.25) is 0 Å². The second-order valence-electron chi connectivity index (χ2n) is 5.22. The monoisotopic (exact) mass is 246 g/mol. The van der Waals surface area contributed by atoms with Crippen LogP contribution in [0.1, 0.15) is 40.0 Å². The van der Waals surface area contributed by atoms with E-state index in [4.69, 9.17) is 4.74 Å². The van der Waals surface area contributed by atoms with Gasteiger partial charge in [0, 0.05) is 11.3 Å². The van der Waals surface area contributed by atoms with Crippen LogP contribution < -0.4 is 10.9 Å². The van der Waals surface area contributed by atoms with Gasteiger partial charge < -0.3 is 4.74 Å². The molecule has 0 bridgehead atoms. The number of ether oxygens (including phenoxy) is 1. The van der Waals surface area contributed by atoms with Crippen molar-refractivity contribution in [2.45, 2.75) is 50.4 Å². The van der Waals surface area contributed by atoms with Crippen LogP contribution in [0, 0.1) is 0 Å². The molecule has 2 N–H and O–H groups in total. The number of hydrogen-bond acceptors (Lipinski definition) is 4. The highest BCUT2D eigenvalue weighted by molar-refractivity contribution is 8.00. The molecule has 16 heavy (non-hydrogen) atoms. The average molecular weight is 246 g/mol. The van der Waals surface area contributed by atoms with Gasteiger partial charge in [0.05, 0.1) is 0 Å². The zero-order valence-electron chi connectivity index (χ0n) is 10.6. The van der Waals surface area contributed by atoms with Gasteiger partial charge in [-0.3, -0.25) is 5.43 Å². The Balaban J connectivity index is 2.18. The molecule has 0 aromatic carbocycles. The van der Waals surface area contributed by atoms with Crippen LogP contribution in [0.3, 0.4) is 0 Å². The molecule has 94 valence electrons. The standard InChI is InChI=1S/C11H22N2O2S/c1-10(2,3)15-9(14)13-12-8-11(16-4)6-5-7-11/h12H,5-8H2,1-4H3,(H,13,14). The van der Waals surface area contributed by atoms with Crippen LogP contribution in [0.5, 0.6) is 0 Å². The minimum Gasteiger partial charge on any atom is -0.443 e. The Labute approximate surface area is 102 Å². The third-order valence-electron chi connectivity index (χ3n) is 2.70. The van der Waals surface area contributed by atoms with Crippen LogP contribution in [0.4, 0.5) is 4.79 Å². The molecule has 1 fully saturated rings. The van der Waals surface area contributed by atoms with Crippen molar-refractivity contribution in [2.24, 2.45) is 0 Å². The first kappa shape index (κ1) is 13.6. The molecule has 0 saturated heterocycles. The van der Waals surface area contributed by atoms with Crippen molar-refractivity contribution in [3.63, 3.8) is 0 Å². The minimum atomic E-state index is -0.445. The molecule has 0 unspecified atom stereocenters. The number of nitrogens with one attached hydrogen (secondary N) is 2. The molecule has 0 aromatic rings. The summed E-state index contributed by atoms with van der Waals surface area (Å²) in [6.07, 6.45) is 5.43. The Bertz CT molecular complexity index is 241. The number of carbonyl (C=O) groups excluding carboxylic acids is 1. The molecular weight excluding hydrogens is 224 g/mol. The third-order valence-corrected chi connectivity index (χ3v) is 4.12. The summed E-state index contributed by atoms with van der Waals surface area (Å²) in [5.41, 5.74) is 5.08. The van der Waals surface area contributed by atoms with Gasteiger partial charge >= 0.3 is 6.09 Å². The molecule has 5 heteroatoms. The summed E-state index contributed by atoms with van der Waals surface area (Å²) in [6, 6.07) is 0. The molecule has 1 aliphatic carbocycles. The molecule has 0 spiro atoms. The fourth-order valence-corrected chi connectivity index (χ4v) is 2.52. The number of thioether (sulfide) groups is 1. The topological polar surface area (TPSA) is 50.4 Å². The van der Waals surface area contributed by atoms with E-state index in [1.54, 1.807) is 0 Å². The van der Waals surface area contributed by atoms with E-state index in [1.807, 2.05) is 32.5 Å². The molecule has 0 aliphatic heterocycles. The van der Waals surface area contributed by atoms with Crippen molar-refractivity contribution in [1.82, 2.24) is 10.9 Å². The van der Waals surface area contributed by atoms with Crippen LogP contribution >= 0.6 is 11.8 Å². The zero-order valence-corrected chi connectivity index (χ0v) is 11.4. The Kier molecular flexibility index (Phi) is 4.50. The second kappa shape index (κ2) is 5.27. The third kappa shape index (κ3) is 4.22. The number of hydrogen-bond donors (Lipinski definition) is 2. The molecule has 1 saturated carbocycles. The lowest BCUT2D eigenvalue weighted by molar-refractivity contribution is 0.0494. The van der Waals surface area contributed by atoms with E-state index in [1.165, 1.54) is 19.3 Å². The normalized spacial score (nSPS) is 18.8. The van der Waals surface area contributed by atoms with Gasteiger partial charge in [-0.2, -0.15) is 11.8 Å². The van der Waals surface area contributed by atoms with Crippen molar-refractivity contribution < 1.29 is 9.53 Å². The molecular formula is C11H22N2O2S. The molecule has 1 amide bonds. The lowest BCUT2D eigenvalue weighted by Gasteiger charge is -2.40. The molecule has 1 rings (SSSR count). The molecule has 1 aliphatic rings. The molecule has 0 atom stereocenters. The second-order valence-corrected chi connectivity index (χ2v) is 6.50. The van der Waals surface area contributed by atoms with Crippen molar-refractivity contribution in [3.8, 4) is 0 Å². The largest absolute Gasteiger partial charge is 0.443 e. The maximum Gasteiger partial charge on any atom is 0.422 e. The number of rotatable bonds is 4. The quantitative estimate of drug-likeness (QED) is 0.747. The zero-order chi connectivity index (χ0) is 12.2. The lowest BCUT2D eigenvalue weighted by Crippen LogP contribution is -2.50. The highest BCUT2D eigenvalue weighted by Gasteiger charge is 2.35. The Morgan fingerprint density at radius 1 is 1.44 bits per heavy atom. The predicted octanol–water partition coefficient (Wildman–Crippen LogP) is 2.30. The van der Waals surface area contributed by atoms with Crippen molar-refractivity contribution in [2.75, 3.05) is 12.8 Å². The van der Waals surface area contributed by atoms with E-state index in [2.05, 4.69) is 17.1 Å². The number of carbonyl (C=O) groups is 1. The lowest BCUT2D eigenvalue weighted by atomic mass is 9.84. The molecule has 0 radical (unpaired) electrons. The highest BCUT2D eigenvalue weighted by atomic mass is 32.2. The molecule has 4 nitrogen and oxygen atoms in total. The summed E-state index contributed by atoms with van der Waals surface area (Å²) >= 11 is 1.87. The minimum absolute atomic E-state index is 0.314. The van der Waals surface area contributed by atoms with Crippen LogP contribution in [0.25, 0.3) is 0 Å². The van der Waals surface area contributed by atoms with E-state index in [0.717, 1.165) is 6.54 Å². The maximum atomic E-state index is 11.3. The average Bonchev–Trinajstić information content (AvgIpc) is 2.06. The summed E-state index contributed by atoms with van der Waals surface area (Å²) < 4.78 is 5.43. The van der Waals surface area contributed by atoms with E-state index in [9.17, 15) is 4.79 Å². The van der Waals surface area contributed by atoms with Gasteiger partial charge in [0.25, 0.3) is 0 Å². The molecule has 0 heterocycles. The van der Waals surface area contributed by atoms with E-state index >= 15 is 0 Å². The van der Waals surface area contributed by atoms with E-state index < -0.39 is 11.7 Å². The van der Waals surface area contributed by atoms with Crippen LogP contribution in [-0.2, 0) is 4.74 Å². The van der Waals surface area contributed by atoms with Gasteiger partial charge in [-0.1, -0.05) is 6.42 Å². The summed E-state index contributed by atoms with van der Waals surface area (Å²) in [5, 5.41) is 0. The summed E-state index contributed by atoms with van der Waals surface area (Å²) in [6.45, 7) is 6.35. The molecule has 0 aromatic heterocycles. The van der Waals surface area contributed by atoms with Gasteiger partial charge in [0.15, 0.2) is 0 Å². The Hall–Kier alpha value is -0.420. The predicted molar refractivity (Wildman–Crippen MR) is 67.5 cm³/mol. The Morgan fingerprint density at radius 2 is 2.06 bits per heavy atom. The summed E-state index contributed by atoms with van der Waals surface area (Å²) in [5.74, 6) is 0. The Morgan fingerprint density at radius 3 is 2.44 bits per heavy atom. The van der Waals surface area contributed by atoms with Gasteiger partial charge in [-0.15, -0.1) is 0 Å². The first-order valence-corrected chi connectivity index (χ1v) is 6.86. The SMILES string of the molecule is CSC1(CNNC(=O)OC(C)(C)C)CCC1. The van der Waals surface area contributed by atoms with E-state index in [-0.39, 0.29) is 0 Å². The van der Waals surface area contributed by atoms with E-state index in [0.29, 0.717) is 4.75 Å². The van der Waals surface area contributed by atoms with Crippen LogP contribution in [-0.4, -0.2) is 29.2 Å². The number of hydrazine groups is 1. The van der Waals surface area contributed by atoms with Crippen LogP contribution in [0.2, 0.25) is 0 Å². The number of amides is 1. The first-order chi connectivity index (χ1) is 7.37. The van der Waals surface area contributed by atoms with Crippen molar-refractivity contribution >= 4 is 17.9 Å². The smallest absolute Gasteiger partial charge is 0.422 e. The van der Waals surface area contributed by atoms with Crippen LogP contribution in [0.15, 0.2) is 0 Å². The fraction of sp³-hybridized carbons (Fsp3) is 0.909. The summed E-state index contributed by atoms with van der Waals surface area (Å²) in [4.78, 5) is 11.3.